The Balaban J connectivity index is 2.66. The predicted molar refractivity (Wildman–Crippen MR) is 32.6 cm³/mol. The summed E-state index contributed by atoms with van der Waals surface area (Å²) in [5, 5.41) is 0. The van der Waals surface area contributed by atoms with Crippen molar-refractivity contribution in [1.29, 1.82) is 0 Å². The summed E-state index contributed by atoms with van der Waals surface area (Å²) < 4.78 is 2.22. The number of allylic oxidation sites excluding steroid dienone is 1. The minimum absolute atomic E-state index is 1.27. The summed E-state index contributed by atoms with van der Waals surface area (Å²) in [6.07, 6.45) is 4.79. The molecular weight excluding hydrogens is 182 g/mol. The fourth-order valence-corrected chi connectivity index (χ4v) is 0.812. The molecule has 0 N–H and O–H groups in total. The number of hydrogen-bond donors (Lipinski definition) is 0. The standard InChI is InChI=1S/C5H9.Sb.2H/c1-3-5-4-2;;;/h1,3H,4-5H2,2H3;;;. The van der Waals surface area contributed by atoms with Crippen LogP contribution >= 0.6 is 0 Å². The van der Waals surface area contributed by atoms with Crippen molar-refractivity contribution < 1.29 is 0 Å². The fourth-order valence-electron chi connectivity index (χ4n) is 0.263. The molecule has 36 valence electrons. The van der Waals surface area contributed by atoms with Gasteiger partial charge >= 0.3 is 52.9 Å². The van der Waals surface area contributed by atoms with E-state index in [1.54, 1.807) is 0 Å². The summed E-state index contributed by atoms with van der Waals surface area (Å²) in [6.45, 7) is 2.19. The SMILES string of the molecule is CCCC=[CH][SbH2]. The van der Waals surface area contributed by atoms with Crippen molar-refractivity contribution in [2.45, 2.75) is 19.8 Å². The van der Waals surface area contributed by atoms with Gasteiger partial charge < -0.3 is 0 Å². The predicted octanol–water partition coefficient (Wildman–Crippen LogP) is 0.933. The van der Waals surface area contributed by atoms with Gasteiger partial charge in [-0.1, -0.05) is 0 Å². The second-order valence-corrected chi connectivity index (χ2v) is 2.32. The molecule has 0 aromatic carbocycles. The molecule has 0 saturated heterocycles. The molecule has 0 aliphatic rings. The molecule has 0 aliphatic heterocycles. The van der Waals surface area contributed by atoms with Gasteiger partial charge in [0.25, 0.3) is 0 Å². The maximum atomic E-state index is 2.24. The van der Waals surface area contributed by atoms with E-state index in [2.05, 4.69) is 17.0 Å². The first-order valence-electron chi connectivity index (χ1n) is 2.28. The second-order valence-electron chi connectivity index (χ2n) is 1.22. The average Bonchev–Trinajstić information content (AvgIpc) is 1.61. The molecule has 0 saturated carbocycles. The van der Waals surface area contributed by atoms with Crippen molar-refractivity contribution >= 4 is 23.0 Å². The minimum atomic E-state index is 1.27. The Hall–Kier alpha value is 0.558. The molecule has 0 aromatic heterocycles. The van der Waals surface area contributed by atoms with Crippen LogP contribution in [0, 0.1) is 0 Å². The summed E-state index contributed by atoms with van der Waals surface area (Å²) in [4.78, 5) is 0. The van der Waals surface area contributed by atoms with Crippen LogP contribution in [0.25, 0.3) is 0 Å². The molecule has 0 unspecified atom stereocenters. The van der Waals surface area contributed by atoms with E-state index in [-0.39, 0.29) is 0 Å². The van der Waals surface area contributed by atoms with Gasteiger partial charge in [0.15, 0.2) is 0 Å². The van der Waals surface area contributed by atoms with Crippen LogP contribution in [0.1, 0.15) is 19.8 Å². The van der Waals surface area contributed by atoms with Gasteiger partial charge in [0.2, 0.25) is 0 Å². The van der Waals surface area contributed by atoms with E-state index in [0.717, 1.165) is 0 Å². The van der Waals surface area contributed by atoms with Crippen LogP contribution in [0.3, 0.4) is 0 Å². The summed E-state index contributed by atoms with van der Waals surface area (Å²) in [5.74, 6) is 0. The quantitative estimate of drug-likeness (QED) is 0.572. The van der Waals surface area contributed by atoms with Crippen molar-refractivity contribution in [3.05, 3.63) is 10.1 Å². The Morgan fingerprint density at radius 2 is 2.33 bits per heavy atom. The zero-order chi connectivity index (χ0) is 4.83. The summed E-state index contributed by atoms with van der Waals surface area (Å²) in [7, 11) is 0. The first-order valence-corrected chi connectivity index (χ1v) is 4.18. The summed E-state index contributed by atoms with van der Waals surface area (Å²) >= 11 is 1.28. The molecule has 0 heterocycles. The van der Waals surface area contributed by atoms with Crippen LogP contribution in [0.15, 0.2) is 10.1 Å². The zero-order valence-electron chi connectivity index (χ0n) is 4.15. The third kappa shape index (κ3) is 4.56. The molecular formula is C5H11Sb. The van der Waals surface area contributed by atoms with Gasteiger partial charge in [0.1, 0.15) is 0 Å². The Bertz CT molecular complexity index is 39.2. The molecule has 0 aromatic rings. The van der Waals surface area contributed by atoms with Gasteiger partial charge in [-0.05, 0) is 0 Å². The maximum absolute atomic E-state index is 2.24. The molecule has 0 rings (SSSR count). The first kappa shape index (κ1) is 6.56. The third-order valence-electron chi connectivity index (χ3n) is 0.591. The zero-order valence-corrected chi connectivity index (χ0v) is 7.44. The van der Waals surface area contributed by atoms with Gasteiger partial charge in [-0.25, -0.2) is 0 Å². The van der Waals surface area contributed by atoms with Crippen molar-refractivity contribution in [2.24, 2.45) is 0 Å². The Kier molecular flexibility index (Phi) is 6.08. The van der Waals surface area contributed by atoms with E-state index in [1.165, 1.54) is 35.9 Å². The Labute approximate surface area is 53.1 Å². The molecule has 0 spiro atoms. The van der Waals surface area contributed by atoms with Gasteiger partial charge in [0, 0.05) is 0 Å². The average molecular weight is 193 g/mol. The van der Waals surface area contributed by atoms with Crippen molar-refractivity contribution in [1.82, 2.24) is 0 Å². The Morgan fingerprint density at radius 1 is 1.67 bits per heavy atom. The third-order valence-corrected chi connectivity index (χ3v) is 1.37. The van der Waals surface area contributed by atoms with Crippen LogP contribution < -0.4 is 0 Å². The number of unbranched alkanes of at least 4 members (excludes halogenated alkanes) is 1. The molecule has 0 bridgehead atoms. The summed E-state index contributed by atoms with van der Waals surface area (Å²) in [5.41, 5.74) is 0. The second kappa shape index (κ2) is 5.56. The van der Waals surface area contributed by atoms with Crippen LogP contribution in [0.4, 0.5) is 0 Å². The van der Waals surface area contributed by atoms with E-state index in [1.807, 2.05) is 0 Å². The van der Waals surface area contributed by atoms with Crippen LogP contribution in [0.2, 0.25) is 0 Å². The monoisotopic (exact) mass is 192 g/mol. The van der Waals surface area contributed by atoms with Crippen LogP contribution in [-0.4, -0.2) is 23.0 Å². The molecule has 1 heteroatoms. The van der Waals surface area contributed by atoms with Crippen molar-refractivity contribution in [3.63, 3.8) is 0 Å². The molecule has 0 aliphatic carbocycles. The van der Waals surface area contributed by atoms with E-state index in [0.29, 0.717) is 0 Å². The topological polar surface area (TPSA) is 0 Å². The number of rotatable bonds is 2. The summed E-state index contributed by atoms with van der Waals surface area (Å²) in [6, 6.07) is 0. The van der Waals surface area contributed by atoms with E-state index in [4.69, 9.17) is 0 Å². The molecule has 0 fully saturated rings. The first-order chi connectivity index (χ1) is 2.91. The molecule has 0 amide bonds. The Morgan fingerprint density at radius 3 is 2.50 bits per heavy atom. The number of hydrogen-bond acceptors (Lipinski definition) is 0. The van der Waals surface area contributed by atoms with Crippen molar-refractivity contribution in [2.75, 3.05) is 0 Å². The van der Waals surface area contributed by atoms with Gasteiger partial charge in [0.05, 0.1) is 0 Å². The van der Waals surface area contributed by atoms with E-state index >= 15 is 0 Å². The molecule has 0 atom stereocenters. The van der Waals surface area contributed by atoms with E-state index < -0.39 is 0 Å². The van der Waals surface area contributed by atoms with Gasteiger partial charge in [-0.15, -0.1) is 0 Å². The molecule has 0 nitrogen and oxygen atoms in total. The van der Waals surface area contributed by atoms with Crippen molar-refractivity contribution in [3.8, 4) is 0 Å². The molecule has 0 radical (unpaired) electrons. The molecule has 6 heavy (non-hydrogen) atoms. The normalized spacial score (nSPS) is 10.3. The van der Waals surface area contributed by atoms with Crippen LogP contribution in [0.5, 0.6) is 0 Å². The van der Waals surface area contributed by atoms with Gasteiger partial charge in [-0.3, -0.25) is 0 Å². The van der Waals surface area contributed by atoms with Crippen LogP contribution in [-0.2, 0) is 0 Å². The van der Waals surface area contributed by atoms with E-state index in [9.17, 15) is 0 Å². The fraction of sp³-hybridized carbons (Fsp3) is 0.600. The van der Waals surface area contributed by atoms with Gasteiger partial charge in [-0.2, -0.15) is 0 Å².